The lowest BCUT2D eigenvalue weighted by molar-refractivity contribution is 0.602. The van der Waals surface area contributed by atoms with Gasteiger partial charge in [-0.15, -0.1) is 0 Å². The normalized spacial score (nSPS) is 21.2. The molecule has 0 fully saturated rings. The van der Waals surface area contributed by atoms with E-state index in [2.05, 4.69) is 11.1 Å². The fraction of sp³-hybridized carbons (Fsp3) is 0.158. The number of nitrogens with two attached hydrogens (primary N) is 1. The molecule has 2 aromatic rings. The molecule has 6 nitrogen and oxygen atoms in total. The first-order chi connectivity index (χ1) is 12.9. The summed E-state index contributed by atoms with van der Waals surface area (Å²) in [6.45, 7) is 0. The third kappa shape index (κ3) is 2.67. The van der Waals surface area contributed by atoms with E-state index < -0.39 is 21.6 Å². The standard InChI is InChI=1S/C19H15FN4O2S/c20-13-3-5-14(6-4-13)24-16-7-9-27(25,26)18(16)17(15(10-21)19(24)22)12-2-1-8-23-11-12/h1-6,8,11,17H,7,9,22H2. The molecule has 0 amide bonds. The van der Waals surface area contributed by atoms with Crippen molar-refractivity contribution in [2.45, 2.75) is 12.3 Å². The van der Waals surface area contributed by atoms with E-state index in [4.69, 9.17) is 5.73 Å². The first kappa shape index (κ1) is 17.2. The summed E-state index contributed by atoms with van der Waals surface area (Å²) < 4.78 is 39.0. The minimum absolute atomic E-state index is 0.0574. The van der Waals surface area contributed by atoms with E-state index in [9.17, 15) is 18.1 Å². The van der Waals surface area contributed by atoms with Crippen LogP contribution in [0.1, 0.15) is 17.9 Å². The second-order valence-electron chi connectivity index (χ2n) is 6.32. The number of halogens is 1. The van der Waals surface area contributed by atoms with E-state index in [-0.39, 0.29) is 28.5 Å². The molecule has 27 heavy (non-hydrogen) atoms. The third-order valence-corrected chi connectivity index (χ3v) is 6.67. The number of aromatic nitrogens is 1. The number of nitrogens with zero attached hydrogens (tertiary/aromatic N) is 3. The van der Waals surface area contributed by atoms with Gasteiger partial charge in [0.05, 0.1) is 28.2 Å². The van der Waals surface area contributed by atoms with Gasteiger partial charge in [-0.3, -0.25) is 9.88 Å². The molecule has 0 spiro atoms. The van der Waals surface area contributed by atoms with Crippen molar-refractivity contribution in [1.82, 2.24) is 4.98 Å². The molecule has 1 unspecified atom stereocenters. The van der Waals surface area contributed by atoms with Crippen LogP contribution in [0.15, 0.2) is 70.8 Å². The van der Waals surface area contributed by atoms with Gasteiger partial charge in [-0.1, -0.05) is 6.07 Å². The molecule has 0 bridgehead atoms. The van der Waals surface area contributed by atoms with Crippen molar-refractivity contribution in [3.05, 3.63) is 82.2 Å². The van der Waals surface area contributed by atoms with Gasteiger partial charge in [0.1, 0.15) is 11.6 Å². The van der Waals surface area contributed by atoms with E-state index in [0.717, 1.165) is 0 Å². The number of allylic oxidation sites excluding steroid dienone is 3. The summed E-state index contributed by atoms with van der Waals surface area (Å²) in [5, 5.41) is 9.78. The van der Waals surface area contributed by atoms with Crippen molar-refractivity contribution in [2.75, 3.05) is 10.7 Å². The number of hydrogen-bond donors (Lipinski definition) is 1. The number of hydrogen-bond acceptors (Lipinski definition) is 6. The van der Waals surface area contributed by atoms with Crippen LogP contribution in [0.4, 0.5) is 10.1 Å². The van der Waals surface area contributed by atoms with Crippen LogP contribution >= 0.6 is 0 Å². The van der Waals surface area contributed by atoms with E-state index in [1.165, 1.54) is 24.3 Å². The van der Waals surface area contributed by atoms with Crippen molar-refractivity contribution in [3.63, 3.8) is 0 Å². The van der Waals surface area contributed by atoms with Crippen LogP contribution in [0.25, 0.3) is 0 Å². The van der Waals surface area contributed by atoms with Gasteiger partial charge in [0, 0.05) is 30.2 Å². The molecule has 136 valence electrons. The molecule has 4 rings (SSSR count). The molecule has 2 N–H and O–H groups in total. The van der Waals surface area contributed by atoms with Crippen molar-refractivity contribution in [2.24, 2.45) is 5.73 Å². The Bertz CT molecular complexity index is 1120. The highest BCUT2D eigenvalue weighted by Crippen LogP contribution is 2.48. The SMILES string of the molecule is N#CC1=C(N)N(c2ccc(F)cc2)C2=C(C1c1cccnc1)S(=O)(=O)CC2. The average molecular weight is 382 g/mol. The fourth-order valence-electron chi connectivity index (χ4n) is 3.63. The van der Waals surface area contributed by atoms with Crippen LogP contribution < -0.4 is 10.6 Å². The first-order valence-corrected chi connectivity index (χ1v) is 9.90. The van der Waals surface area contributed by atoms with Gasteiger partial charge in [-0.25, -0.2) is 12.8 Å². The lowest BCUT2D eigenvalue weighted by atomic mass is 9.88. The highest BCUT2D eigenvalue weighted by molar-refractivity contribution is 7.95. The number of benzene rings is 1. The molecule has 1 aromatic heterocycles. The Balaban J connectivity index is 1.99. The van der Waals surface area contributed by atoms with Gasteiger partial charge in [0.25, 0.3) is 0 Å². The molecule has 1 atom stereocenters. The van der Waals surface area contributed by atoms with Crippen molar-refractivity contribution in [1.29, 1.82) is 5.26 Å². The van der Waals surface area contributed by atoms with E-state index in [0.29, 0.717) is 16.9 Å². The summed E-state index contributed by atoms with van der Waals surface area (Å²) in [5.74, 6) is -1.12. The van der Waals surface area contributed by atoms with E-state index in [1.54, 1.807) is 29.4 Å². The van der Waals surface area contributed by atoms with Crippen LogP contribution in [0.2, 0.25) is 0 Å². The molecular weight excluding hydrogens is 367 g/mol. The number of rotatable bonds is 2. The highest BCUT2D eigenvalue weighted by Gasteiger charge is 2.45. The fourth-order valence-corrected chi connectivity index (χ4v) is 5.48. The summed E-state index contributed by atoms with van der Waals surface area (Å²) in [6, 6.07) is 11.1. The largest absolute Gasteiger partial charge is 0.384 e. The van der Waals surface area contributed by atoms with Gasteiger partial charge in [0.2, 0.25) is 0 Å². The lowest BCUT2D eigenvalue weighted by Crippen LogP contribution is -2.34. The summed E-state index contributed by atoms with van der Waals surface area (Å²) in [6.07, 6.45) is 3.39. The molecule has 2 aliphatic rings. The molecular formula is C19H15FN4O2S. The Kier molecular flexibility index (Phi) is 3.97. The van der Waals surface area contributed by atoms with E-state index in [1.807, 2.05) is 0 Å². The Morgan fingerprint density at radius 2 is 2.00 bits per heavy atom. The van der Waals surface area contributed by atoms with Gasteiger partial charge in [0.15, 0.2) is 9.84 Å². The third-order valence-electron chi connectivity index (χ3n) is 4.79. The number of sulfone groups is 1. The summed E-state index contributed by atoms with van der Waals surface area (Å²) in [5.41, 5.74) is 8.07. The van der Waals surface area contributed by atoms with Crippen LogP contribution in [0.5, 0.6) is 0 Å². The van der Waals surface area contributed by atoms with Crippen molar-refractivity contribution < 1.29 is 12.8 Å². The lowest BCUT2D eigenvalue weighted by Gasteiger charge is -2.34. The molecule has 3 heterocycles. The topological polar surface area (TPSA) is 100 Å². The summed E-state index contributed by atoms with van der Waals surface area (Å²) in [4.78, 5) is 5.78. The zero-order valence-electron chi connectivity index (χ0n) is 14.1. The minimum atomic E-state index is -3.56. The van der Waals surface area contributed by atoms with Gasteiger partial charge in [-0.05, 0) is 35.9 Å². The second kappa shape index (κ2) is 6.21. The molecule has 0 aliphatic carbocycles. The van der Waals surface area contributed by atoms with E-state index >= 15 is 0 Å². The molecule has 2 aliphatic heterocycles. The monoisotopic (exact) mass is 382 g/mol. The van der Waals surface area contributed by atoms with Crippen molar-refractivity contribution in [3.8, 4) is 6.07 Å². The Labute approximate surface area is 156 Å². The van der Waals surface area contributed by atoms with Gasteiger partial charge in [-0.2, -0.15) is 5.26 Å². The zero-order valence-corrected chi connectivity index (χ0v) is 14.9. The first-order valence-electron chi connectivity index (χ1n) is 8.25. The molecule has 0 saturated heterocycles. The average Bonchev–Trinajstić information content (AvgIpc) is 2.97. The molecule has 0 saturated carbocycles. The summed E-state index contributed by atoms with van der Waals surface area (Å²) >= 11 is 0. The van der Waals surface area contributed by atoms with Crippen molar-refractivity contribution >= 4 is 15.5 Å². The number of nitriles is 1. The minimum Gasteiger partial charge on any atom is -0.384 e. The predicted octanol–water partition coefficient (Wildman–Crippen LogP) is 2.55. The Morgan fingerprint density at radius 3 is 2.63 bits per heavy atom. The molecule has 8 heteroatoms. The quantitative estimate of drug-likeness (QED) is 0.857. The maximum Gasteiger partial charge on any atom is 0.177 e. The Morgan fingerprint density at radius 1 is 1.26 bits per heavy atom. The maximum atomic E-state index is 13.3. The predicted molar refractivity (Wildman–Crippen MR) is 98.1 cm³/mol. The maximum absolute atomic E-state index is 13.3. The molecule has 1 aromatic carbocycles. The Hall–Kier alpha value is -3.18. The smallest absolute Gasteiger partial charge is 0.177 e. The van der Waals surface area contributed by atoms with Gasteiger partial charge < -0.3 is 5.73 Å². The van der Waals surface area contributed by atoms with Crippen LogP contribution in [-0.4, -0.2) is 19.2 Å². The van der Waals surface area contributed by atoms with Crippen LogP contribution in [0.3, 0.4) is 0 Å². The number of anilines is 1. The molecule has 0 radical (unpaired) electrons. The highest BCUT2D eigenvalue weighted by atomic mass is 32.2. The second-order valence-corrected chi connectivity index (χ2v) is 8.40. The van der Waals surface area contributed by atoms with Gasteiger partial charge >= 0.3 is 0 Å². The van der Waals surface area contributed by atoms with Crippen LogP contribution in [0, 0.1) is 17.1 Å². The number of pyridine rings is 1. The summed E-state index contributed by atoms with van der Waals surface area (Å²) in [7, 11) is -3.56. The zero-order chi connectivity index (χ0) is 19.2. The van der Waals surface area contributed by atoms with Crippen LogP contribution in [-0.2, 0) is 9.84 Å².